The number of nitrogens with zero attached hydrogens (tertiary/aromatic N) is 3. The normalized spacial score (nSPS) is 8.33. The number of allylic oxidation sites excluding steroid dienone is 1. The van der Waals surface area contributed by atoms with Gasteiger partial charge in [-0.1, -0.05) is 0 Å². The molecule has 0 unspecified atom stereocenters. The SMILES string of the molecule is Cc1ccc[n+](C(=C=[N-])C#N)c1. The molecule has 1 heterocycles. The zero-order valence-corrected chi connectivity index (χ0v) is 6.65. The van der Waals surface area contributed by atoms with Crippen LogP contribution in [0.3, 0.4) is 0 Å². The first-order valence-corrected chi connectivity index (χ1v) is 3.43. The molecule has 0 radical (unpaired) electrons. The molecule has 0 aliphatic heterocycles. The fourth-order valence-corrected chi connectivity index (χ4v) is 0.873. The van der Waals surface area contributed by atoms with Gasteiger partial charge in [0.15, 0.2) is 18.5 Å². The van der Waals surface area contributed by atoms with Crippen LogP contribution in [0, 0.1) is 18.3 Å². The Labute approximate surface area is 70.7 Å². The quantitative estimate of drug-likeness (QED) is 0.339. The molecular weight excluding hydrogens is 150 g/mol. The molecule has 1 aromatic rings. The Morgan fingerprint density at radius 1 is 1.67 bits per heavy atom. The van der Waals surface area contributed by atoms with E-state index in [9.17, 15) is 0 Å². The maximum absolute atomic E-state index is 8.54. The summed E-state index contributed by atoms with van der Waals surface area (Å²) >= 11 is 0. The minimum absolute atomic E-state index is 0.0821. The van der Waals surface area contributed by atoms with E-state index < -0.39 is 0 Å². The first-order valence-electron chi connectivity index (χ1n) is 3.43. The molecule has 0 aromatic carbocycles. The van der Waals surface area contributed by atoms with Crippen molar-refractivity contribution in [2.75, 3.05) is 0 Å². The first kappa shape index (κ1) is 8.19. The maximum atomic E-state index is 8.54. The second kappa shape index (κ2) is 3.47. The number of hydrogen-bond donors (Lipinski definition) is 0. The van der Waals surface area contributed by atoms with Crippen LogP contribution in [-0.4, -0.2) is 5.87 Å². The van der Waals surface area contributed by atoms with E-state index in [1.165, 1.54) is 4.57 Å². The van der Waals surface area contributed by atoms with Gasteiger partial charge in [0.1, 0.15) is 0 Å². The molecule has 0 atom stereocenters. The standard InChI is InChI=1S/C9H7N3/c1-8-3-2-4-12(7-8)9(5-10)6-11/h2-4,7H,1H3. The Balaban J connectivity index is 3.22. The van der Waals surface area contributed by atoms with Crippen LogP contribution in [0.25, 0.3) is 11.1 Å². The smallest absolute Gasteiger partial charge is 0.309 e. The van der Waals surface area contributed by atoms with Gasteiger partial charge in [0.2, 0.25) is 0 Å². The highest BCUT2D eigenvalue weighted by atomic mass is 14.9. The fraction of sp³-hybridized carbons (Fsp3) is 0.111. The number of nitriles is 1. The van der Waals surface area contributed by atoms with Crippen molar-refractivity contribution >= 4 is 11.6 Å². The monoisotopic (exact) mass is 157 g/mol. The molecule has 0 aliphatic carbocycles. The van der Waals surface area contributed by atoms with Gasteiger partial charge in [-0.15, -0.1) is 0 Å². The molecule has 0 aliphatic rings. The van der Waals surface area contributed by atoms with Crippen LogP contribution in [0.2, 0.25) is 0 Å². The molecule has 0 fully saturated rings. The van der Waals surface area contributed by atoms with Crippen molar-refractivity contribution in [3.63, 3.8) is 0 Å². The summed E-state index contributed by atoms with van der Waals surface area (Å²) in [6.45, 7) is 1.91. The maximum Gasteiger partial charge on any atom is 0.309 e. The van der Waals surface area contributed by atoms with Crippen LogP contribution in [0.1, 0.15) is 5.56 Å². The lowest BCUT2D eigenvalue weighted by molar-refractivity contribution is -0.576. The highest BCUT2D eigenvalue weighted by Crippen LogP contribution is 1.92. The Kier molecular flexibility index (Phi) is 2.37. The Morgan fingerprint density at radius 2 is 2.42 bits per heavy atom. The number of hydrogen-bond acceptors (Lipinski definition) is 1. The third-order valence-corrected chi connectivity index (χ3v) is 1.42. The van der Waals surface area contributed by atoms with Crippen molar-refractivity contribution in [3.8, 4) is 6.07 Å². The van der Waals surface area contributed by atoms with Crippen LogP contribution in [-0.2, 0) is 0 Å². The summed E-state index contributed by atoms with van der Waals surface area (Å²) in [6, 6.07) is 5.52. The van der Waals surface area contributed by atoms with E-state index in [2.05, 4.69) is 0 Å². The van der Waals surface area contributed by atoms with E-state index in [0.717, 1.165) is 5.56 Å². The Hall–Kier alpha value is -1.91. The molecule has 0 N–H and O–H groups in total. The van der Waals surface area contributed by atoms with E-state index in [1.54, 1.807) is 18.5 Å². The van der Waals surface area contributed by atoms with Gasteiger partial charge in [0.25, 0.3) is 0 Å². The Bertz CT molecular complexity index is 381. The lowest BCUT2D eigenvalue weighted by Gasteiger charge is -1.91. The van der Waals surface area contributed by atoms with Gasteiger partial charge in [-0.3, -0.25) is 0 Å². The summed E-state index contributed by atoms with van der Waals surface area (Å²) in [5, 5.41) is 17.1. The van der Waals surface area contributed by atoms with Gasteiger partial charge in [0, 0.05) is 11.6 Å². The van der Waals surface area contributed by atoms with Crippen molar-refractivity contribution < 1.29 is 4.57 Å². The van der Waals surface area contributed by atoms with Crippen molar-refractivity contribution in [1.29, 1.82) is 5.26 Å². The summed E-state index contributed by atoms with van der Waals surface area (Å²) in [5.74, 6) is 1.81. The molecule has 0 amide bonds. The number of rotatable bonds is 1. The summed E-state index contributed by atoms with van der Waals surface area (Å²) in [4.78, 5) is 0. The lowest BCUT2D eigenvalue weighted by Crippen LogP contribution is -2.31. The van der Waals surface area contributed by atoms with Crippen LogP contribution in [0.15, 0.2) is 24.5 Å². The second-order valence-corrected chi connectivity index (χ2v) is 2.36. The summed E-state index contributed by atoms with van der Waals surface area (Å²) < 4.78 is 1.51. The molecule has 0 bridgehead atoms. The molecule has 12 heavy (non-hydrogen) atoms. The lowest BCUT2D eigenvalue weighted by atomic mass is 10.3. The summed E-state index contributed by atoms with van der Waals surface area (Å²) in [5.41, 5.74) is 1.10. The highest BCUT2D eigenvalue weighted by Gasteiger charge is 2.04. The molecule has 0 saturated carbocycles. The molecule has 3 heteroatoms. The minimum Gasteiger partial charge on any atom is -0.757 e. The topological polar surface area (TPSA) is 50.0 Å². The average Bonchev–Trinajstić information content (AvgIpc) is 2.07. The van der Waals surface area contributed by atoms with E-state index in [1.807, 2.05) is 24.9 Å². The third kappa shape index (κ3) is 1.57. The third-order valence-electron chi connectivity index (χ3n) is 1.42. The number of aryl methyl sites for hydroxylation is 1. The van der Waals surface area contributed by atoms with Crippen LogP contribution < -0.4 is 4.57 Å². The van der Waals surface area contributed by atoms with Gasteiger partial charge >= 0.3 is 5.70 Å². The number of aromatic nitrogens is 1. The average molecular weight is 157 g/mol. The molecule has 1 rings (SSSR count). The number of pyridine rings is 1. The fourth-order valence-electron chi connectivity index (χ4n) is 0.873. The van der Waals surface area contributed by atoms with Gasteiger partial charge < -0.3 is 5.41 Å². The van der Waals surface area contributed by atoms with E-state index in [4.69, 9.17) is 10.7 Å². The highest BCUT2D eigenvalue weighted by molar-refractivity contribution is 5.84. The van der Waals surface area contributed by atoms with E-state index >= 15 is 0 Å². The van der Waals surface area contributed by atoms with Gasteiger partial charge in [-0.25, -0.2) is 0 Å². The molecule has 3 nitrogen and oxygen atoms in total. The van der Waals surface area contributed by atoms with Crippen molar-refractivity contribution in [3.05, 3.63) is 35.5 Å². The minimum atomic E-state index is 0.0821. The molecule has 0 saturated heterocycles. The van der Waals surface area contributed by atoms with Gasteiger partial charge in [-0.2, -0.15) is 15.7 Å². The second-order valence-electron chi connectivity index (χ2n) is 2.36. The zero-order chi connectivity index (χ0) is 8.97. The van der Waals surface area contributed by atoms with Crippen molar-refractivity contribution in [2.24, 2.45) is 0 Å². The largest absolute Gasteiger partial charge is 0.757 e. The molecule has 0 spiro atoms. The molecule has 58 valence electrons. The van der Waals surface area contributed by atoms with E-state index in [0.29, 0.717) is 0 Å². The van der Waals surface area contributed by atoms with Crippen LogP contribution in [0.4, 0.5) is 0 Å². The summed E-state index contributed by atoms with van der Waals surface area (Å²) in [6.07, 6.45) is 3.41. The molecule has 1 aromatic heterocycles. The zero-order valence-electron chi connectivity index (χ0n) is 6.65. The van der Waals surface area contributed by atoms with Crippen LogP contribution in [0.5, 0.6) is 0 Å². The first-order chi connectivity index (χ1) is 5.77. The predicted octanol–water partition coefficient (Wildman–Crippen LogP) is 0.886. The predicted molar refractivity (Wildman–Crippen MR) is 45.1 cm³/mol. The Morgan fingerprint density at radius 3 is 2.92 bits per heavy atom. The van der Waals surface area contributed by atoms with Gasteiger partial charge in [-0.05, 0) is 13.0 Å². The van der Waals surface area contributed by atoms with E-state index in [-0.39, 0.29) is 5.70 Å². The van der Waals surface area contributed by atoms with Gasteiger partial charge in [0.05, 0.1) is 0 Å². The van der Waals surface area contributed by atoms with Crippen molar-refractivity contribution in [2.45, 2.75) is 6.92 Å². The molecular formula is C9H7N3. The van der Waals surface area contributed by atoms with Crippen molar-refractivity contribution in [1.82, 2.24) is 0 Å². The summed E-state index contributed by atoms with van der Waals surface area (Å²) in [7, 11) is 0. The van der Waals surface area contributed by atoms with Crippen LogP contribution >= 0.6 is 0 Å².